The molecule has 0 unspecified atom stereocenters. The molecule has 3 amide bonds. The molecule has 2 heterocycles. The number of nitrogens with zero attached hydrogens (tertiary/aromatic N) is 3. The molecule has 8 nitrogen and oxygen atoms in total. The standard InChI is InChI=1S/C24H15ClFN3O5/c1-12-2-7-15(11-19(12)25)27-20(13-3-5-14(26)6-4-13)21(24(27)32)28-22(30)17-9-8-16(29(33)34)10-18(17)23(28)31/h2-11,20-21H,1H3/t20-,21-/m0/s1. The smallest absolute Gasteiger partial charge is 0.270 e. The number of hydrogen-bond donors (Lipinski definition) is 0. The van der Waals surface area contributed by atoms with Crippen LogP contribution in [0.25, 0.3) is 0 Å². The Kier molecular flexibility index (Phi) is 4.94. The van der Waals surface area contributed by atoms with Gasteiger partial charge in [0, 0.05) is 22.8 Å². The van der Waals surface area contributed by atoms with Crippen LogP contribution in [0, 0.1) is 22.9 Å². The molecule has 0 aliphatic carbocycles. The van der Waals surface area contributed by atoms with Crippen LogP contribution in [-0.2, 0) is 4.79 Å². The third-order valence-electron chi connectivity index (χ3n) is 6.10. The summed E-state index contributed by atoms with van der Waals surface area (Å²) in [6.45, 7) is 1.81. The number of amides is 3. The number of nitro groups is 1. The summed E-state index contributed by atoms with van der Waals surface area (Å²) in [7, 11) is 0. The monoisotopic (exact) mass is 479 g/mol. The molecule has 2 aliphatic heterocycles. The Morgan fingerprint density at radius 2 is 1.56 bits per heavy atom. The second-order valence-electron chi connectivity index (χ2n) is 8.05. The Morgan fingerprint density at radius 3 is 2.21 bits per heavy atom. The van der Waals surface area contributed by atoms with Gasteiger partial charge in [0.25, 0.3) is 23.4 Å². The van der Waals surface area contributed by atoms with Gasteiger partial charge in [0.1, 0.15) is 11.9 Å². The third-order valence-corrected chi connectivity index (χ3v) is 6.51. The number of non-ortho nitro benzene ring substituents is 1. The zero-order chi connectivity index (χ0) is 24.3. The lowest BCUT2D eigenvalue weighted by Crippen LogP contribution is -2.67. The lowest BCUT2D eigenvalue weighted by molar-refractivity contribution is -0.384. The number of carbonyl (C=O) groups excluding carboxylic acids is 3. The van der Waals surface area contributed by atoms with E-state index in [-0.39, 0.29) is 16.8 Å². The van der Waals surface area contributed by atoms with Crippen LogP contribution in [0.3, 0.4) is 0 Å². The molecule has 0 saturated carbocycles. The van der Waals surface area contributed by atoms with Crippen LogP contribution in [0.2, 0.25) is 5.02 Å². The number of anilines is 1. The number of aryl methyl sites for hydroxylation is 1. The summed E-state index contributed by atoms with van der Waals surface area (Å²) in [6, 6.07) is 11.8. The fourth-order valence-electron chi connectivity index (χ4n) is 4.35. The van der Waals surface area contributed by atoms with Crippen molar-refractivity contribution in [2.45, 2.75) is 19.0 Å². The van der Waals surface area contributed by atoms with Gasteiger partial charge in [0.05, 0.1) is 22.1 Å². The Labute approximate surface area is 197 Å². The molecular weight excluding hydrogens is 465 g/mol. The van der Waals surface area contributed by atoms with Gasteiger partial charge in [-0.05, 0) is 48.4 Å². The molecule has 0 aromatic heterocycles. The van der Waals surface area contributed by atoms with E-state index >= 15 is 0 Å². The van der Waals surface area contributed by atoms with E-state index in [1.165, 1.54) is 35.2 Å². The number of carbonyl (C=O) groups is 3. The van der Waals surface area contributed by atoms with Crippen molar-refractivity contribution in [2.24, 2.45) is 0 Å². The van der Waals surface area contributed by atoms with Crippen LogP contribution >= 0.6 is 11.6 Å². The summed E-state index contributed by atoms with van der Waals surface area (Å²) >= 11 is 6.25. The van der Waals surface area contributed by atoms with Gasteiger partial charge in [-0.3, -0.25) is 29.4 Å². The maximum absolute atomic E-state index is 13.6. The number of hydrogen-bond acceptors (Lipinski definition) is 5. The molecule has 0 spiro atoms. The topological polar surface area (TPSA) is 101 Å². The van der Waals surface area contributed by atoms with E-state index < -0.39 is 40.5 Å². The van der Waals surface area contributed by atoms with E-state index in [4.69, 9.17) is 11.6 Å². The largest absolute Gasteiger partial charge is 0.300 e. The molecule has 5 rings (SSSR count). The molecule has 2 atom stereocenters. The molecule has 0 radical (unpaired) electrons. The number of nitro benzene ring substituents is 1. The maximum atomic E-state index is 13.6. The minimum atomic E-state index is -1.21. The average Bonchev–Trinajstić information content (AvgIpc) is 3.05. The Hall–Kier alpha value is -4.11. The minimum absolute atomic E-state index is 0.0157. The summed E-state index contributed by atoms with van der Waals surface area (Å²) in [5.74, 6) is -2.53. The highest BCUT2D eigenvalue weighted by atomic mass is 35.5. The summed E-state index contributed by atoms with van der Waals surface area (Å²) in [6.07, 6.45) is 0. The molecule has 3 aromatic rings. The van der Waals surface area contributed by atoms with E-state index in [2.05, 4.69) is 0 Å². The van der Waals surface area contributed by atoms with Crippen molar-refractivity contribution in [3.8, 4) is 0 Å². The first kappa shape index (κ1) is 21.7. The number of rotatable bonds is 4. The molecule has 0 bridgehead atoms. The van der Waals surface area contributed by atoms with Gasteiger partial charge in [-0.2, -0.15) is 0 Å². The number of benzene rings is 3. The third kappa shape index (κ3) is 3.16. The van der Waals surface area contributed by atoms with Gasteiger partial charge in [-0.1, -0.05) is 29.8 Å². The number of halogens is 2. The van der Waals surface area contributed by atoms with Crippen LogP contribution in [0.1, 0.15) is 37.9 Å². The zero-order valence-electron chi connectivity index (χ0n) is 17.6. The summed E-state index contributed by atoms with van der Waals surface area (Å²) in [5, 5.41) is 11.6. The molecular formula is C24H15ClFN3O5. The molecule has 34 heavy (non-hydrogen) atoms. The Morgan fingerprint density at radius 1 is 0.882 bits per heavy atom. The number of fused-ring (bicyclic) bond motifs is 1. The predicted molar refractivity (Wildman–Crippen MR) is 120 cm³/mol. The van der Waals surface area contributed by atoms with Crippen LogP contribution in [0.4, 0.5) is 15.8 Å². The molecule has 10 heteroatoms. The lowest BCUT2D eigenvalue weighted by atomic mass is 9.86. The molecule has 0 N–H and O–H groups in total. The van der Waals surface area contributed by atoms with Crippen LogP contribution in [0.5, 0.6) is 0 Å². The van der Waals surface area contributed by atoms with E-state index in [9.17, 15) is 28.9 Å². The normalized spacial score (nSPS) is 19.3. The SMILES string of the molecule is Cc1ccc(N2C(=O)[C@@H](N3C(=O)c4ccc([N+](=O)[O-])cc4C3=O)[C@@H]2c2ccc(F)cc2)cc1Cl. The Balaban J connectivity index is 1.58. The van der Waals surface area contributed by atoms with Crippen LogP contribution < -0.4 is 4.90 Å². The summed E-state index contributed by atoms with van der Waals surface area (Å²) in [5.41, 5.74) is 1.27. The van der Waals surface area contributed by atoms with Crippen LogP contribution in [0.15, 0.2) is 60.7 Å². The lowest BCUT2D eigenvalue weighted by Gasteiger charge is -2.49. The minimum Gasteiger partial charge on any atom is -0.300 e. The van der Waals surface area contributed by atoms with E-state index in [0.29, 0.717) is 16.3 Å². The fraction of sp³-hybridized carbons (Fsp3) is 0.125. The molecule has 170 valence electrons. The first-order chi connectivity index (χ1) is 16.2. The van der Waals surface area contributed by atoms with E-state index in [1.807, 2.05) is 6.92 Å². The van der Waals surface area contributed by atoms with Gasteiger partial charge >= 0.3 is 0 Å². The fourth-order valence-corrected chi connectivity index (χ4v) is 4.52. The summed E-state index contributed by atoms with van der Waals surface area (Å²) < 4.78 is 13.6. The first-order valence-corrected chi connectivity index (χ1v) is 10.6. The van der Waals surface area contributed by atoms with Crippen molar-refractivity contribution in [1.29, 1.82) is 0 Å². The van der Waals surface area contributed by atoms with Crippen molar-refractivity contribution in [1.82, 2.24) is 4.90 Å². The predicted octanol–water partition coefficient (Wildman–Crippen LogP) is 4.45. The maximum Gasteiger partial charge on any atom is 0.270 e. The van der Waals surface area contributed by atoms with Gasteiger partial charge in [0.2, 0.25) is 0 Å². The van der Waals surface area contributed by atoms with E-state index in [1.54, 1.807) is 18.2 Å². The van der Waals surface area contributed by atoms with Gasteiger partial charge in [-0.25, -0.2) is 4.39 Å². The molecule has 1 fully saturated rings. The number of β-lactam (4-membered cyclic amide) rings is 1. The number of imide groups is 1. The van der Waals surface area contributed by atoms with Gasteiger partial charge in [0.15, 0.2) is 0 Å². The van der Waals surface area contributed by atoms with Crippen molar-refractivity contribution in [3.05, 3.63) is 104 Å². The summed E-state index contributed by atoms with van der Waals surface area (Å²) in [4.78, 5) is 52.4. The molecule has 1 saturated heterocycles. The quantitative estimate of drug-likeness (QED) is 0.238. The molecule has 2 aliphatic rings. The first-order valence-electron chi connectivity index (χ1n) is 10.2. The highest BCUT2D eigenvalue weighted by molar-refractivity contribution is 6.32. The van der Waals surface area contributed by atoms with Crippen molar-refractivity contribution in [2.75, 3.05) is 4.90 Å². The van der Waals surface area contributed by atoms with Gasteiger partial charge < -0.3 is 4.90 Å². The van der Waals surface area contributed by atoms with Crippen molar-refractivity contribution in [3.63, 3.8) is 0 Å². The zero-order valence-corrected chi connectivity index (χ0v) is 18.3. The Bertz CT molecular complexity index is 1410. The highest BCUT2D eigenvalue weighted by Crippen LogP contribution is 2.45. The molecule has 3 aromatic carbocycles. The average molecular weight is 480 g/mol. The van der Waals surface area contributed by atoms with Crippen molar-refractivity contribution >= 4 is 40.7 Å². The van der Waals surface area contributed by atoms with Crippen molar-refractivity contribution < 1.29 is 23.7 Å². The second-order valence-corrected chi connectivity index (χ2v) is 8.46. The van der Waals surface area contributed by atoms with Crippen LogP contribution in [-0.4, -0.2) is 33.6 Å². The van der Waals surface area contributed by atoms with E-state index in [0.717, 1.165) is 22.6 Å². The highest BCUT2D eigenvalue weighted by Gasteiger charge is 2.57. The van der Waals surface area contributed by atoms with Gasteiger partial charge in [-0.15, -0.1) is 0 Å². The second kappa shape index (κ2) is 7.74.